The first-order chi connectivity index (χ1) is 16.8. The van der Waals surface area contributed by atoms with Crippen LogP contribution in [0.4, 0.5) is 15.8 Å². The van der Waals surface area contributed by atoms with E-state index in [2.05, 4.69) is 9.69 Å². The Kier molecular flexibility index (Phi) is 6.97. The Balaban J connectivity index is 1.84. The van der Waals surface area contributed by atoms with Crippen LogP contribution in [0.3, 0.4) is 0 Å². The standard InChI is InChI=1S/C24H24FN5O4S/c25-14-7-9-16(10-8-14)30(24(34)21-18(26)19(22(27)32)29-35-21)20(13-5-11-17(31)12-6-13)23(33)28-15-3-1-2-4-15/h5-12,15,20,31H,1-4,26H2,(H2,27,32)(H,28,33). The number of carbonyl (C=O) groups excluding carboxylic acids is 3. The first kappa shape index (κ1) is 24.1. The number of phenolic OH excluding ortho intramolecular Hbond substituents is 1. The number of phenols is 1. The van der Waals surface area contributed by atoms with Gasteiger partial charge in [0.25, 0.3) is 11.8 Å². The van der Waals surface area contributed by atoms with Crippen LogP contribution in [0, 0.1) is 5.82 Å². The molecule has 182 valence electrons. The van der Waals surface area contributed by atoms with Crippen molar-refractivity contribution in [1.82, 2.24) is 9.69 Å². The molecule has 1 unspecified atom stereocenters. The first-order valence-corrected chi connectivity index (χ1v) is 11.8. The lowest BCUT2D eigenvalue weighted by Crippen LogP contribution is -2.46. The van der Waals surface area contributed by atoms with Gasteiger partial charge in [0.1, 0.15) is 22.5 Å². The molecule has 0 radical (unpaired) electrons. The summed E-state index contributed by atoms with van der Waals surface area (Å²) < 4.78 is 17.6. The van der Waals surface area contributed by atoms with E-state index < -0.39 is 29.6 Å². The quantitative estimate of drug-likeness (QED) is 0.394. The highest BCUT2D eigenvalue weighted by molar-refractivity contribution is 7.09. The summed E-state index contributed by atoms with van der Waals surface area (Å²) in [4.78, 5) is 40.3. The first-order valence-electron chi connectivity index (χ1n) is 11.0. The number of hydrogen-bond acceptors (Lipinski definition) is 7. The minimum Gasteiger partial charge on any atom is -0.508 e. The fraction of sp³-hybridized carbons (Fsp3) is 0.250. The predicted octanol–water partition coefficient (Wildman–Crippen LogP) is 3.12. The molecule has 2 aromatic carbocycles. The third kappa shape index (κ3) is 5.09. The van der Waals surface area contributed by atoms with E-state index in [1.165, 1.54) is 53.4 Å². The van der Waals surface area contributed by atoms with Gasteiger partial charge in [-0.2, -0.15) is 4.37 Å². The summed E-state index contributed by atoms with van der Waals surface area (Å²) in [5.41, 5.74) is 11.5. The highest BCUT2D eigenvalue weighted by Gasteiger charge is 2.37. The summed E-state index contributed by atoms with van der Waals surface area (Å²) >= 11 is 0.686. The zero-order valence-electron chi connectivity index (χ0n) is 18.6. The number of benzene rings is 2. The van der Waals surface area contributed by atoms with Crippen molar-refractivity contribution in [3.05, 3.63) is 70.5 Å². The van der Waals surface area contributed by atoms with Crippen LogP contribution in [0.25, 0.3) is 0 Å². The summed E-state index contributed by atoms with van der Waals surface area (Å²) in [6.07, 6.45) is 3.62. The lowest BCUT2D eigenvalue weighted by molar-refractivity contribution is -0.123. The molecule has 1 heterocycles. The summed E-state index contributed by atoms with van der Waals surface area (Å²) in [5, 5.41) is 12.8. The number of aromatic hydroxyl groups is 1. The van der Waals surface area contributed by atoms with Gasteiger partial charge in [0.15, 0.2) is 5.69 Å². The van der Waals surface area contributed by atoms with Crippen molar-refractivity contribution < 1.29 is 23.9 Å². The number of anilines is 2. The summed E-state index contributed by atoms with van der Waals surface area (Å²) in [5.74, 6) is -2.58. The fourth-order valence-corrected chi connectivity index (χ4v) is 4.89. The van der Waals surface area contributed by atoms with Crippen molar-refractivity contribution in [3.63, 3.8) is 0 Å². The fourth-order valence-electron chi connectivity index (χ4n) is 4.15. The van der Waals surface area contributed by atoms with Crippen LogP contribution in [0.15, 0.2) is 48.5 Å². The van der Waals surface area contributed by atoms with Crippen LogP contribution in [0.5, 0.6) is 5.75 Å². The largest absolute Gasteiger partial charge is 0.508 e. The van der Waals surface area contributed by atoms with Crippen LogP contribution in [-0.4, -0.2) is 33.2 Å². The number of nitrogens with one attached hydrogen (secondary N) is 1. The zero-order chi connectivity index (χ0) is 25.1. The van der Waals surface area contributed by atoms with Crippen LogP contribution in [0.1, 0.15) is 57.4 Å². The molecule has 4 rings (SSSR count). The molecule has 0 saturated heterocycles. The predicted molar refractivity (Wildman–Crippen MR) is 130 cm³/mol. The van der Waals surface area contributed by atoms with Crippen molar-refractivity contribution in [1.29, 1.82) is 0 Å². The number of nitrogens with two attached hydrogens (primary N) is 2. The minimum absolute atomic E-state index is 0.0128. The van der Waals surface area contributed by atoms with E-state index in [4.69, 9.17) is 11.5 Å². The van der Waals surface area contributed by atoms with E-state index in [1.807, 2.05) is 0 Å². The zero-order valence-corrected chi connectivity index (χ0v) is 19.4. The van der Waals surface area contributed by atoms with Gasteiger partial charge in [-0.15, -0.1) is 0 Å². The van der Waals surface area contributed by atoms with E-state index in [9.17, 15) is 23.9 Å². The monoisotopic (exact) mass is 497 g/mol. The molecular weight excluding hydrogens is 473 g/mol. The molecule has 1 fully saturated rings. The topological polar surface area (TPSA) is 152 Å². The van der Waals surface area contributed by atoms with E-state index in [0.717, 1.165) is 25.7 Å². The normalized spacial score (nSPS) is 14.4. The van der Waals surface area contributed by atoms with Crippen LogP contribution in [-0.2, 0) is 4.79 Å². The maximum Gasteiger partial charge on any atom is 0.273 e. The Morgan fingerprint density at radius 1 is 1.09 bits per heavy atom. The molecule has 1 aliphatic carbocycles. The highest BCUT2D eigenvalue weighted by Crippen LogP contribution is 2.34. The number of halogens is 1. The Hall–Kier alpha value is -3.99. The smallest absolute Gasteiger partial charge is 0.273 e. The lowest BCUT2D eigenvalue weighted by Gasteiger charge is -2.32. The summed E-state index contributed by atoms with van der Waals surface area (Å²) in [6, 6.07) is 9.73. The SMILES string of the molecule is NC(=O)c1nsc(C(=O)N(c2ccc(F)cc2)C(C(=O)NC2CCCC2)c2ccc(O)cc2)c1N. The highest BCUT2D eigenvalue weighted by atomic mass is 32.1. The Morgan fingerprint density at radius 2 is 1.71 bits per heavy atom. The number of nitrogens with zero attached hydrogens (tertiary/aromatic N) is 2. The molecule has 0 bridgehead atoms. The molecule has 11 heteroatoms. The third-order valence-electron chi connectivity index (χ3n) is 5.90. The van der Waals surface area contributed by atoms with Gasteiger partial charge in [-0.1, -0.05) is 25.0 Å². The maximum absolute atomic E-state index is 13.9. The van der Waals surface area contributed by atoms with Gasteiger partial charge in [-0.25, -0.2) is 4.39 Å². The molecule has 1 aromatic heterocycles. The van der Waals surface area contributed by atoms with E-state index >= 15 is 0 Å². The molecule has 1 atom stereocenters. The maximum atomic E-state index is 13.9. The number of nitrogen functional groups attached to an aromatic ring is 1. The number of hydrogen-bond donors (Lipinski definition) is 4. The minimum atomic E-state index is -1.19. The molecule has 0 spiro atoms. The van der Waals surface area contributed by atoms with Gasteiger partial charge >= 0.3 is 0 Å². The van der Waals surface area contributed by atoms with Crippen LogP contribution < -0.4 is 21.7 Å². The Bertz CT molecular complexity index is 1240. The van der Waals surface area contributed by atoms with Crippen molar-refractivity contribution >= 4 is 40.6 Å². The van der Waals surface area contributed by atoms with Gasteiger partial charge < -0.3 is 21.9 Å². The second kappa shape index (κ2) is 10.1. The Morgan fingerprint density at radius 3 is 2.29 bits per heavy atom. The van der Waals surface area contributed by atoms with Crippen molar-refractivity contribution in [3.8, 4) is 5.75 Å². The second-order valence-electron chi connectivity index (χ2n) is 8.27. The number of aromatic nitrogens is 1. The molecule has 9 nitrogen and oxygen atoms in total. The molecule has 1 aliphatic rings. The van der Waals surface area contributed by atoms with Crippen molar-refractivity contribution in [2.24, 2.45) is 5.73 Å². The summed E-state index contributed by atoms with van der Waals surface area (Å²) in [6.45, 7) is 0. The molecule has 0 aliphatic heterocycles. The van der Waals surface area contributed by atoms with E-state index in [0.29, 0.717) is 17.1 Å². The van der Waals surface area contributed by atoms with Crippen molar-refractivity contribution in [2.45, 2.75) is 37.8 Å². The van der Waals surface area contributed by atoms with Crippen molar-refractivity contribution in [2.75, 3.05) is 10.6 Å². The number of amides is 3. The molecule has 3 aromatic rings. The summed E-state index contributed by atoms with van der Waals surface area (Å²) in [7, 11) is 0. The van der Waals surface area contributed by atoms with Gasteiger partial charge in [0, 0.05) is 11.7 Å². The molecule has 6 N–H and O–H groups in total. The third-order valence-corrected chi connectivity index (χ3v) is 6.75. The molecule has 3 amide bonds. The van der Waals surface area contributed by atoms with E-state index in [-0.39, 0.29) is 33.7 Å². The van der Waals surface area contributed by atoms with Gasteiger partial charge in [-0.05, 0) is 66.3 Å². The number of primary amides is 1. The van der Waals surface area contributed by atoms with Crippen LogP contribution in [0.2, 0.25) is 0 Å². The van der Waals surface area contributed by atoms with Crippen LogP contribution >= 0.6 is 11.5 Å². The Labute approximate surface area is 204 Å². The van der Waals surface area contributed by atoms with E-state index in [1.54, 1.807) is 0 Å². The van der Waals surface area contributed by atoms with Gasteiger partial charge in [0.05, 0.1) is 5.69 Å². The van der Waals surface area contributed by atoms with Gasteiger partial charge in [0.2, 0.25) is 5.91 Å². The second-order valence-corrected chi connectivity index (χ2v) is 9.05. The molecule has 35 heavy (non-hydrogen) atoms. The lowest BCUT2D eigenvalue weighted by atomic mass is 10.0. The van der Waals surface area contributed by atoms with Gasteiger partial charge in [-0.3, -0.25) is 19.3 Å². The average molecular weight is 498 g/mol. The number of rotatable bonds is 7. The number of carbonyl (C=O) groups is 3. The average Bonchev–Trinajstić information content (AvgIpc) is 3.48. The molecular formula is C24H24FN5O4S. The molecule has 1 saturated carbocycles.